The first-order valence-electron chi connectivity index (χ1n) is 10.0. The second-order valence-corrected chi connectivity index (χ2v) is 7.38. The zero-order valence-corrected chi connectivity index (χ0v) is 17.8. The normalized spacial score (nSPS) is 16.9. The number of alkyl halides is 3. The molecule has 0 aliphatic carbocycles. The number of carbonyl (C=O) groups excluding carboxylic acids is 1. The van der Waals surface area contributed by atoms with Gasteiger partial charge in [0.1, 0.15) is 18.2 Å². The summed E-state index contributed by atoms with van der Waals surface area (Å²) in [6.07, 6.45) is -3.81. The number of carbonyl (C=O) groups is 1. The second-order valence-electron chi connectivity index (χ2n) is 7.38. The summed E-state index contributed by atoms with van der Waals surface area (Å²) in [5.74, 6) is -1.48. The first-order chi connectivity index (χ1) is 14.6. The van der Waals surface area contributed by atoms with Crippen molar-refractivity contribution in [2.75, 3.05) is 53.4 Å². The van der Waals surface area contributed by atoms with Crippen LogP contribution in [0.3, 0.4) is 0 Å². The minimum absolute atomic E-state index is 0.199. The van der Waals surface area contributed by atoms with Crippen molar-refractivity contribution >= 4 is 11.9 Å². The number of hydrogen-bond acceptors (Lipinski definition) is 3. The molecule has 1 aliphatic rings. The average molecular weight is 449 g/mol. The Labute approximate surface area is 178 Å². The fraction of sp³-hybridized carbons (Fsp3) is 0.600. The van der Waals surface area contributed by atoms with Crippen LogP contribution in [0, 0.1) is 11.6 Å². The van der Waals surface area contributed by atoms with Crippen LogP contribution in [-0.2, 0) is 4.79 Å². The Morgan fingerprint density at radius 1 is 1.23 bits per heavy atom. The van der Waals surface area contributed by atoms with Gasteiger partial charge in [0.15, 0.2) is 5.96 Å². The highest BCUT2D eigenvalue weighted by atomic mass is 19.4. The van der Waals surface area contributed by atoms with Crippen molar-refractivity contribution in [1.82, 2.24) is 20.0 Å². The third-order valence-corrected chi connectivity index (χ3v) is 5.21. The minimum Gasteiger partial charge on any atom is -0.347 e. The fourth-order valence-electron chi connectivity index (χ4n) is 3.67. The number of piperazine rings is 1. The lowest BCUT2D eigenvalue weighted by Crippen LogP contribution is -2.54. The van der Waals surface area contributed by atoms with Gasteiger partial charge in [-0.05, 0) is 12.5 Å². The van der Waals surface area contributed by atoms with Crippen molar-refractivity contribution in [2.45, 2.75) is 25.6 Å². The number of likely N-dealkylation sites (N-methyl/N-ethyl adjacent to an activating group) is 1. The Morgan fingerprint density at radius 2 is 1.87 bits per heavy atom. The summed E-state index contributed by atoms with van der Waals surface area (Å²) in [5.41, 5.74) is 0.443. The van der Waals surface area contributed by atoms with Crippen LogP contribution in [0.4, 0.5) is 22.0 Å². The molecule has 1 amide bonds. The Morgan fingerprint density at radius 3 is 2.39 bits per heavy atom. The zero-order chi connectivity index (χ0) is 23.2. The Kier molecular flexibility index (Phi) is 8.60. The standard InChI is InChI=1S/C20H28F5N5O/c1-4-17(15-6-5-14(21)11-16(15)22)29-7-9-30(10-8-29)19(26-2)27-12-18(31)28(3)13-20(23,24)25/h5-6,11,17H,4,7-10,12-13H2,1-3H3,(H,26,27). The highest BCUT2D eigenvalue weighted by molar-refractivity contribution is 5.86. The van der Waals surface area contributed by atoms with Crippen molar-refractivity contribution in [2.24, 2.45) is 4.99 Å². The van der Waals surface area contributed by atoms with Crippen LogP contribution >= 0.6 is 0 Å². The molecule has 1 unspecified atom stereocenters. The molecule has 1 saturated heterocycles. The Bertz CT molecular complexity index is 778. The maximum absolute atomic E-state index is 14.2. The first-order valence-corrected chi connectivity index (χ1v) is 10.0. The lowest BCUT2D eigenvalue weighted by molar-refractivity contribution is -0.157. The number of aliphatic imine (C=N–C) groups is 1. The molecule has 0 aromatic heterocycles. The van der Waals surface area contributed by atoms with Crippen LogP contribution in [0.15, 0.2) is 23.2 Å². The molecule has 6 nitrogen and oxygen atoms in total. The third-order valence-electron chi connectivity index (χ3n) is 5.21. The van der Waals surface area contributed by atoms with E-state index < -0.39 is 30.3 Å². The Hall–Kier alpha value is -2.43. The highest BCUT2D eigenvalue weighted by Gasteiger charge is 2.31. The van der Waals surface area contributed by atoms with E-state index in [1.807, 2.05) is 11.8 Å². The summed E-state index contributed by atoms with van der Waals surface area (Å²) in [4.78, 5) is 20.6. The van der Waals surface area contributed by atoms with E-state index >= 15 is 0 Å². The van der Waals surface area contributed by atoms with Gasteiger partial charge in [-0.15, -0.1) is 0 Å². The topological polar surface area (TPSA) is 51.2 Å². The van der Waals surface area contributed by atoms with E-state index in [4.69, 9.17) is 0 Å². The van der Waals surface area contributed by atoms with Gasteiger partial charge >= 0.3 is 6.18 Å². The molecule has 1 atom stereocenters. The first kappa shape index (κ1) is 24.8. The quantitative estimate of drug-likeness (QED) is 0.412. The van der Waals surface area contributed by atoms with E-state index in [9.17, 15) is 26.7 Å². The van der Waals surface area contributed by atoms with Gasteiger partial charge < -0.3 is 15.1 Å². The molecule has 1 aromatic rings. The lowest BCUT2D eigenvalue weighted by atomic mass is 10.0. The lowest BCUT2D eigenvalue weighted by Gasteiger charge is -2.40. The molecule has 1 fully saturated rings. The fourth-order valence-corrected chi connectivity index (χ4v) is 3.67. The number of guanidine groups is 1. The molecule has 0 saturated carbocycles. The summed E-state index contributed by atoms with van der Waals surface area (Å²) in [5, 5.41) is 2.81. The molecule has 0 bridgehead atoms. The van der Waals surface area contributed by atoms with Crippen molar-refractivity contribution in [3.8, 4) is 0 Å². The van der Waals surface area contributed by atoms with Crippen LogP contribution < -0.4 is 5.32 Å². The van der Waals surface area contributed by atoms with Gasteiger partial charge in [-0.3, -0.25) is 14.7 Å². The molecule has 1 N–H and O–H groups in total. The van der Waals surface area contributed by atoms with Crippen molar-refractivity contribution in [3.63, 3.8) is 0 Å². The van der Waals surface area contributed by atoms with Crippen molar-refractivity contribution in [3.05, 3.63) is 35.4 Å². The number of hydrogen-bond donors (Lipinski definition) is 1. The van der Waals surface area contributed by atoms with E-state index in [0.717, 1.165) is 13.1 Å². The number of amides is 1. The monoisotopic (exact) mass is 449 g/mol. The van der Waals surface area contributed by atoms with Crippen LogP contribution in [0.2, 0.25) is 0 Å². The SMILES string of the molecule is CCC(c1ccc(F)cc1F)N1CCN(C(=NC)NCC(=O)N(C)CC(F)(F)F)CC1. The predicted octanol–water partition coefficient (Wildman–Crippen LogP) is 2.63. The van der Waals surface area contributed by atoms with E-state index in [1.54, 1.807) is 0 Å². The number of nitrogens with one attached hydrogen (secondary N) is 1. The summed E-state index contributed by atoms with van der Waals surface area (Å²) in [6, 6.07) is 3.40. The van der Waals surface area contributed by atoms with Crippen LogP contribution in [-0.4, -0.2) is 86.1 Å². The van der Waals surface area contributed by atoms with E-state index in [0.29, 0.717) is 49.0 Å². The van der Waals surface area contributed by atoms with Crippen LogP contribution in [0.25, 0.3) is 0 Å². The second kappa shape index (κ2) is 10.7. The van der Waals surface area contributed by atoms with Crippen molar-refractivity contribution < 1.29 is 26.7 Å². The molecule has 174 valence electrons. The number of halogens is 5. The molecule has 31 heavy (non-hydrogen) atoms. The molecular weight excluding hydrogens is 421 g/mol. The van der Waals surface area contributed by atoms with Crippen molar-refractivity contribution in [1.29, 1.82) is 0 Å². The number of nitrogens with zero attached hydrogens (tertiary/aromatic N) is 4. The number of rotatable bonds is 6. The van der Waals surface area contributed by atoms with Crippen LogP contribution in [0.1, 0.15) is 24.9 Å². The summed E-state index contributed by atoms with van der Waals surface area (Å²) < 4.78 is 64.8. The Balaban J connectivity index is 1.92. The molecule has 1 heterocycles. The summed E-state index contributed by atoms with van der Waals surface area (Å²) in [7, 11) is 2.62. The van der Waals surface area contributed by atoms with Gasteiger partial charge in [0.05, 0.1) is 6.54 Å². The van der Waals surface area contributed by atoms with E-state index in [-0.39, 0.29) is 12.6 Å². The molecule has 0 spiro atoms. The molecule has 0 radical (unpaired) electrons. The molecule has 2 rings (SSSR count). The summed E-state index contributed by atoms with van der Waals surface area (Å²) >= 11 is 0. The van der Waals surface area contributed by atoms with Gasteiger partial charge in [-0.2, -0.15) is 13.2 Å². The van der Waals surface area contributed by atoms with Crippen LogP contribution in [0.5, 0.6) is 0 Å². The van der Waals surface area contributed by atoms with E-state index in [1.165, 1.54) is 19.2 Å². The number of benzene rings is 1. The minimum atomic E-state index is -4.46. The van der Waals surface area contributed by atoms with E-state index in [2.05, 4.69) is 15.2 Å². The maximum atomic E-state index is 14.2. The smallest absolute Gasteiger partial charge is 0.347 e. The predicted molar refractivity (Wildman–Crippen MR) is 108 cm³/mol. The molecule has 1 aliphatic heterocycles. The highest BCUT2D eigenvalue weighted by Crippen LogP contribution is 2.28. The van der Waals surface area contributed by atoms with Gasteiger partial charge in [-0.1, -0.05) is 13.0 Å². The van der Waals surface area contributed by atoms with Gasteiger partial charge in [-0.25, -0.2) is 8.78 Å². The largest absolute Gasteiger partial charge is 0.406 e. The van der Waals surface area contributed by atoms with Gasteiger partial charge in [0.2, 0.25) is 5.91 Å². The molecular formula is C20H28F5N5O. The van der Waals surface area contributed by atoms with Gasteiger partial charge in [0, 0.05) is 57.9 Å². The molecule has 11 heteroatoms. The zero-order valence-electron chi connectivity index (χ0n) is 17.8. The molecule has 1 aromatic carbocycles. The third kappa shape index (κ3) is 7.05. The summed E-state index contributed by atoms with van der Waals surface area (Å²) in [6.45, 7) is 2.54. The van der Waals surface area contributed by atoms with Gasteiger partial charge in [0.25, 0.3) is 0 Å². The average Bonchev–Trinajstić information content (AvgIpc) is 2.70. The maximum Gasteiger partial charge on any atom is 0.406 e.